The Morgan fingerprint density at radius 1 is 1.09 bits per heavy atom. The second-order valence-electron chi connectivity index (χ2n) is 4.70. The lowest BCUT2D eigenvalue weighted by molar-refractivity contribution is 0.395. The van der Waals surface area contributed by atoms with E-state index in [1.165, 1.54) is 14.2 Å². The molecular formula is C15H14Cl2N4O2. The van der Waals surface area contributed by atoms with E-state index < -0.39 is 0 Å². The molecule has 120 valence electrons. The molecule has 0 atom stereocenters. The van der Waals surface area contributed by atoms with Crippen LogP contribution in [0.2, 0.25) is 10.0 Å². The molecular weight excluding hydrogens is 339 g/mol. The van der Waals surface area contributed by atoms with Gasteiger partial charge in [-0.2, -0.15) is 5.10 Å². The fourth-order valence-corrected chi connectivity index (χ4v) is 3.04. The standard InChI is InChI=1S/C15H14Cl2N4O2/c1-18-14-7-4-5-8(19-15(7)21-20-14)11-12(16)9(22-2)6-10(23-3)13(11)17/h4-6H,1-3H3,(H2,18,19,20,21). The van der Waals surface area contributed by atoms with Crippen molar-refractivity contribution in [3.05, 3.63) is 28.2 Å². The molecule has 2 heterocycles. The number of hydrogen-bond acceptors (Lipinski definition) is 5. The van der Waals surface area contributed by atoms with Crippen LogP contribution in [0.3, 0.4) is 0 Å². The fraction of sp³-hybridized carbons (Fsp3) is 0.200. The van der Waals surface area contributed by atoms with Gasteiger partial charge in [-0.3, -0.25) is 5.10 Å². The number of benzene rings is 1. The summed E-state index contributed by atoms with van der Waals surface area (Å²) >= 11 is 12.8. The Morgan fingerprint density at radius 2 is 1.74 bits per heavy atom. The molecule has 3 rings (SSSR count). The van der Waals surface area contributed by atoms with E-state index in [9.17, 15) is 0 Å². The maximum atomic E-state index is 6.42. The van der Waals surface area contributed by atoms with Gasteiger partial charge in [0.2, 0.25) is 0 Å². The molecule has 0 aliphatic carbocycles. The lowest BCUT2D eigenvalue weighted by Crippen LogP contribution is -1.95. The molecule has 0 aliphatic rings. The number of anilines is 1. The number of ether oxygens (including phenoxy) is 2. The van der Waals surface area contributed by atoms with Crippen LogP contribution in [-0.4, -0.2) is 36.4 Å². The highest BCUT2D eigenvalue weighted by Gasteiger charge is 2.20. The Labute approximate surface area is 142 Å². The normalized spacial score (nSPS) is 10.8. The van der Waals surface area contributed by atoms with Crippen molar-refractivity contribution in [1.82, 2.24) is 15.2 Å². The van der Waals surface area contributed by atoms with Gasteiger partial charge in [0, 0.05) is 18.7 Å². The van der Waals surface area contributed by atoms with Crippen molar-refractivity contribution in [2.45, 2.75) is 0 Å². The van der Waals surface area contributed by atoms with Gasteiger partial charge in [0.1, 0.15) is 11.5 Å². The van der Waals surface area contributed by atoms with Gasteiger partial charge < -0.3 is 14.8 Å². The Bertz CT molecular complexity index is 851. The molecule has 8 heteroatoms. The van der Waals surface area contributed by atoms with Crippen LogP contribution in [0.1, 0.15) is 0 Å². The first-order valence-corrected chi connectivity index (χ1v) is 7.49. The first kappa shape index (κ1) is 15.7. The fourth-order valence-electron chi connectivity index (χ4n) is 2.34. The first-order valence-electron chi connectivity index (χ1n) is 6.74. The molecule has 0 bridgehead atoms. The molecule has 1 aromatic carbocycles. The highest BCUT2D eigenvalue weighted by atomic mass is 35.5. The van der Waals surface area contributed by atoms with E-state index in [1.807, 2.05) is 12.1 Å². The molecule has 0 radical (unpaired) electrons. The van der Waals surface area contributed by atoms with Crippen LogP contribution in [0.5, 0.6) is 11.5 Å². The average molecular weight is 353 g/mol. The molecule has 6 nitrogen and oxygen atoms in total. The number of methoxy groups -OCH3 is 2. The summed E-state index contributed by atoms with van der Waals surface area (Å²) in [6.45, 7) is 0. The zero-order chi connectivity index (χ0) is 16.6. The topological polar surface area (TPSA) is 72.1 Å². The minimum atomic E-state index is 0.374. The summed E-state index contributed by atoms with van der Waals surface area (Å²) in [7, 11) is 4.86. The van der Waals surface area contributed by atoms with Crippen molar-refractivity contribution in [2.24, 2.45) is 0 Å². The predicted molar refractivity (Wildman–Crippen MR) is 92.0 cm³/mol. The Hall–Kier alpha value is -2.18. The van der Waals surface area contributed by atoms with Crippen LogP contribution < -0.4 is 14.8 Å². The Morgan fingerprint density at radius 3 is 2.30 bits per heavy atom. The van der Waals surface area contributed by atoms with Crippen molar-refractivity contribution in [2.75, 3.05) is 26.6 Å². The van der Waals surface area contributed by atoms with E-state index in [0.717, 1.165) is 11.2 Å². The smallest absolute Gasteiger partial charge is 0.158 e. The number of hydrogen-bond donors (Lipinski definition) is 2. The second kappa shape index (κ2) is 6.14. The van der Waals surface area contributed by atoms with E-state index in [2.05, 4.69) is 20.5 Å². The van der Waals surface area contributed by atoms with Crippen LogP contribution in [-0.2, 0) is 0 Å². The summed E-state index contributed by atoms with van der Waals surface area (Å²) in [5, 5.41) is 11.6. The molecule has 0 saturated carbocycles. The van der Waals surface area contributed by atoms with E-state index >= 15 is 0 Å². The van der Waals surface area contributed by atoms with Crippen LogP contribution in [0.25, 0.3) is 22.3 Å². The number of rotatable bonds is 4. The number of pyridine rings is 1. The third-order valence-electron chi connectivity index (χ3n) is 3.49. The van der Waals surface area contributed by atoms with Crippen molar-refractivity contribution >= 4 is 40.1 Å². The van der Waals surface area contributed by atoms with Gasteiger partial charge in [-0.15, -0.1) is 0 Å². The number of aromatic nitrogens is 3. The zero-order valence-corrected chi connectivity index (χ0v) is 14.2. The van der Waals surface area contributed by atoms with Gasteiger partial charge in [-0.25, -0.2) is 4.98 Å². The molecule has 0 aliphatic heterocycles. The summed E-state index contributed by atoms with van der Waals surface area (Å²) in [4.78, 5) is 4.55. The van der Waals surface area contributed by atoms with Gasteiger partial charge in [0.15, 0.2) is 11.5 Å². The molecule has 23 heavy (non-hydrogen) atoms. The molecule has 3 aromatic rings. The molecule has 0 unspecified atom stereocenters. The van der Waals surface area contributed by atoms with Gasteiger partial charge in [0.25, 0.3) is 0 Å². The van der Waals surface area contributed by atoms with Crippen molar-refractivity contribution in [1.29, 1.82) is 0 Å². The van der Waals surface area contributed by atoms with Gasteiger partial charge in [0.05, 0.1) is 35.3 Å². The minimum Gasteiger partial charge on any atom is -0.495 e. The Balaban J connectivity index is 2.25. The van der Waals surface area contributed by atoms with Gasteiger partial charge >= 0.3 is 0 Å². The Kier molecular flexibility index (Phi) is 4.19. The number of aromatic amines is 1. The highest BCUT2D eigenvalue weighted by molar-refractivity contribution is 6.41. The monoisotopic (exact) mass is 352 g/mol. The number of halogens is 2. The van der Waals surface area contributed by atoms with Crippen molar-refractivity contribution < 1.29 is 9.47 Å². The molecule has 0 fully saturated rings. The van der Waals surface area contributed by atoms with Crippen LogP contribution in [0, 0.1) is 0 Å². The average Bonchev–Trinajstić information content (AvgIpc) is 2.97. The molecule has 0 saturated heterocycles. The van der Waals surface area contributed by atoms with Crippen molar-refractivity contribution in [3.8, 4) is 22.8 Å². The van der Waals surface area contributed by atoms with E-state index in [1.54, 1.807) is 13.1 Å². The minimum absolute atomic E-state index is 0.374. The van der Waals surface area contributed by atoms with Gasteiger partial charge in [-0.1, -0.05) is 23.2 Å². The third-order valence-corrected chi connectivity index (χ3v) is 4.24. The SMILES string of the molecule is CNc1n[nH]c2nc(-c3c(Cl)c(OC)cc(OC)c3Cl)ccc12. The van der Waals surface area contributed by atoms with Crippen LogP contribution >= 0.6 is 23.2 Å². The highest BCUT2D eigenvalue weighted by Crippen LogP contribution is 2.45. The lowest BCUT2D eigenvalue weighted by Gasteiger charge is -2.14. The number of nitrogens with one attached hydrogen (secondary N) is 2. The summed E-state index contributed by atoms with van der Waals surface area (Å²) < 4.78 is 10.6. The van der Waals surface area contributed by atoms with Crippen LogP contribution in [0.4, 0.5) is 5.82 Å². The summed E-state index contributed by atoms with van der Waals surface area (Å²) in [5.41, 5.74) is 1.77. The molecule has 2 aromatic heterocycles. The summed E-state index contributed by atoms with van der Waals surface area (Å²) in [6, 6.07) is 5.36. The van der Waals surface area contributed by atoms with Crippen molar-refractivity contribution in [3.63, 3.8) is 0 Å². The number of H-pyrrole nitrogens is 1. The predicted octanol–water partition coefficient (Wildman–Crippen LogP) is 3.99. The summed E-state index contributed by atoms with van der Waals surface area (Å²) in [5.74, 6) is 1.65. The van der Waals surface area contributed by atoms with E-state index in [0.29, 0.717) is 38.4 Å². The van der Waals surface area contributed by atoms with Crippen LogP contribution in [0.15, 0.2) is 18.2 Å². The third kappa shape index (κ3) is 2.54. The maximum Gasteiger partial charge on any atom is 0.158 e. The van der Waals surface area contributed by atoms with E-state index in [-0.39, 0.29) is 0 Å². The largest absolute Gasteiger partial charge is 0.495 e. The van der Waals surface area contributed by atoms with Gasteiger partial charge in [-0.05, 0) is 12.1 Å². The zero-order valence-electron chi connectivity index (χ0n) is 12.7. The maximum absolute atomic E-state index is 6.42. The van der Waals surface area contributed by atoms with E-state index in [4.69, 9.17) is 32.7 Å². The number of fused-ring (bicyclic) bond motifs is 1. The summed E-state index contributed by atoms with van der Waals surface area (Å²) in [6.07, 6.45) is 0. The lowest BCUT2D eigenvalue weighted by atomic mass is 10.1. The number of nitrogens with zero attached hydrogens (tertiary/aromatic N) is 2. The molecule has 2 N–H and O–H groups in total. The quantitative estimate of drug-likeness (QED) is 0.742. The second-order valence-corrected chi connectivity index (χ2v) is 5.45. The molecule has 0 spiro atoms. The molecule has 0 amide bonds. The first-order chi connectivity index (χ1) is 11.1.